The van der Waals surface area contributed by atoms with Crippen molar-refractivity contribution in [3.05, 3.63) is 144 Å². The number of ketones is 1. The summed E-state index contributed by atoms with van der Waals surface area (Å²) in [7, 11) is -5.27. The van der Waals surface area contributed by atoms with E-state index in [2.05, 4.69) is 67.7 Å². The van der Waals surface area contributed by atoms with Gasteiger partial charge in [-0.1, -0.05) is 163 Å². The third kappa shape index (κ3) is 16.3. The van der Waals surface area contributed by atoms with Crippen molar-refractivity contribution in [1.82, 2.24) is 0 Å². The fraction of sp³-hybridized carbons (Fsp3) is 0.590. The molecule has 75 heavy (non-hydrogen) atoms. The third-order valence-corrected chi connectivity index (χ3v) is 24.6. The first-order valence-corrected chi connectivity index (χ1v) is 32.9. The van der Waals surface area contributed by atoms with Crippen LogP contribution in [0.5, 0.6) is 0 Å². The molecular weight excluding hydrogens is 981 g/mol. The maximum Gasteiger partial charge on any atom is 0.192 e. The minimum atomic E-state index is -2.64. The van der Waals surface area contributed by atoms with Crippen molar-refractivity contribution in [2.75, 3.05) is 13.2 Å². The van der Waals surface area contributed by atoms with E-state index in [9.17, 15) is 0 Å². The number of hydrogen-bond donors (Lipinski definition) is 0. The van der Waals surface area contributed by atoms with E-state index in [0.29, 0.717) is 13.2 Å². The lowest BCUT2D eigenvalue weighted by Gasteiger charge is -2.47. The van der Waals surface area contributed by atoms with E-state index in [4.69, 9.17) is 51.5 Å². The van der Waals surface area contributed by atoms with Gasteiger partial charge in [-0.2, -0.15) is 0 Å². The zero-order chi connectivity index (χ0) is 54.2. The van der Waals surface area contributed by atoms with Crippen molar-refractivity contribution in [3.63, 3.8) is 0 Å². The van der Waals surface area contributed by atoms with Crippen LogP contribution < -0.4 is 0 Å². The van der Waals surface area contributed by atoms with Crippen LogP contribution in [0.4, 0.5) is 0 Å². The summed E-state index contributed by atoms with van der Waals surface area (Å²) in [6.07, 6.45) is -6.07. The van der Waals surface area contributed by atoms with Gasteiger partial charge >= 0.3 is 0 Å². The maximum absolute atomic E-state index is 15.9. The molecule has 4 aromatic carbocycles. The van der Waals surface area contributed by atoms with E-state index in [1.54, 1.807) is 0 Å². The van der Waals surface area contributed by atoms with Crippen LogP contribution >= 0.6 is 0 Å². The summed E-state index contributed by atoms with van der Waals surface area (Å²) in [6.45, 7) is 31.6. The Balaban J connectivity index is 1.31. The van der Waals surface area contributed by atoms with Crippen LogP contribution in [0, 0.1) is 5.92 Å². The average molecular weight is 1070 g/mol. The molecule has 3 fully saturated rings. The number of hydrogen-bond acceptors (Lipinski definition) is 12. The second-order valence-electron chi connectivity index (χ2n) is 24.7. The zero-order valence-electron chi connectivity index (χ0n) is 47.4. The molecule has 0 saturated carbocycles. The first-order valence-electron chi connectivity index (χ1n) is 27.1. The Morgan fingerprint density at radius 1 is 0.600 bits per heavy atom. The molecule has 3 saturated heterocycles. The fourth-order valence-electron chi connectivity index (χ4n) is 9.54. The van der Waals surface area contributed by atoms with Gasteiger partial charge in [0.25, 0.3) is 0 Å². The van der Waals surface area contributed by atoms with E-state index < -0.39 is 89.2 Å². The zero-order valence-corrected chi connectivity index (χ0v) is 49.4. The quantitative estimate of drug-likeness (QED) is 0.0622. The van der Waals surface area contributed by atoms with Crippen molar-refractivity contribution in [3.8, 4) is 0 Å². The van der Waals surface area contributed by atoms with Gasteiger partial charge in [-0.25, -0.2) is 0 Å². The van der Waals surface area contributed by atoms with Gasteiger partial charge in [0, 0.05) is 18.8 Å². The average Bonchev–Trinajstić information content (AvgIpc) is 3.89. The van der Waals surface area contributed by atoms with Crippen LogP contribution in [0.25, 0.3) is 0 Å². The summed E-state index contributed by atoms with van der Waals surface area (Å²) >= 11 is 0. The lowest BCUT2D eigenvalue weighted by Crippen LogP contribution is -2.59. The second-order valence-corrected chi connectivity index (χ2v) is 34.2. The molecule has 0 aliphatic carbocycles. The Morgan fingerprint density at radius 2 is 1.07 bits per heavy atom. The van der Waals surface area contributed by atoms with Crippen LogP contribution in [0.2, 0.25) is 36.3 Å². The molecule has 0 unspecified atom stereocenters. The molecule has 12 nitrogen and oxygen atoms in total. The molecule has 14 heteroatoms. The molecule has 4 aromatic rings. The lowest BCUT2D eigenvalue weighted by atomic mass is 9.83. The minimum Gasteiger partial charge on any atom is -0.411 e. The van der Waals surface area contributed by atoms with E-state index >= 15 is 4.79 Å². The molecule has 0 radical (unpaired) electrons. The van der Waals surface area contributed by atoms with Gasteiger partial charge in [0.05, 0.1) is 58.0 Å². The van der Waals surface area contributed by atoms with Crippen LogP contribution in [-0.2, 0) is 82.7 Å². The van der Waals surface area contributed by atoms with Crippen molar-refractivity contribution in [2.24, 2.45) is 5.92 Å². The highest BCUT2D eigenvalue weighted by molar-refractivity contribution is 6.74. The summed E-state index contributed by atoms with van der Waals surface area (Å²) < 4.78 is 76.1. The number of ether oxygens (including phenoxy) is 9. The van der Waals surface area contributed by atoms with Gasteiger partial charge in [0.15, 0.2) is 34.5 Å². The van der Waals surface area contributed by atoms with E-state index in [-0.39, 0.29) is 55.1 Å². The molecule has 0 spiro atoms. The Bertz CT molecular complexity index is 2360. The van der Waals surface area contributed by atoms with E-state index in [1.165, 1.54) is 0 Å². The van der Waals surface area contributed by atoms with Gasteiger partial charge < -0.3 is 51.5 Å². The molecule has 0 N–H and O–H groups in total. The molecule has 7 rings (SSSR count). The molecular formula is C61H88O12Si2. The number of carbonyl (C=O) groups is 1. The standard InChI is InChI=1S/C61H88O12Si2/c1-58(2,3)74(11,12)72-49(55(73-75(13,14)59(4,5)6)56-54(70-61(9,10)71-56)51-42-67-60(7,8)69-51)36-47(62)35-48-52(64-38-44-29-21-16-22-30-44)50(41-63-37-43-27-19-15-20-28-43)68-57(66-40-46-33-25-18-26-34-46)53(48)65-39-45-31-23-17-24-32-45/h15-34,48-57H,35-42H2,1-14H3/t48-,49-,50+,51+,52+,53+,54+,55-,56-,57+/m0/s1. The third-order valence-electron chi connectivity index (χ3n) is 15.6. The normalized spacial score (nSPS) is 26.0. The van der Waals surface area contributed by atoms with Crippen molar-refractivity contribution in [1.29, 1.82) is 0 Å². The topological polar surface area (TPSA) is 119 Å². The highest BCUT2D eigenvalue weighted by Crippen LogP contribution is 2.46. The predicted octanol–water partition coefficient (Wildman–Crippen LogP) is 12.7. The summed E-state index contributed by atoms with van der Waals surface area (Å²) in [6, 6.07) is 40.2. The van der Waals surface area contributed by atoms with Crippen molar-refractivity contribution >= 4 is 22.4 Å². The lowest BCUT2D eigenvalue weighted by molar-refractivity contribution is -0.313. The molecule has 0 amide bonds. The Hall–Kier alpha value is -3.46. The van der Waals surface area contributed by atoms with Crippen LogP contribution in [0.15, 0.2) is 121 Å². The van der Waals surface area contributed by atoms with Crippen LogP contribution in [0.1, 0.15) is 104 Å². The summed E-state index contributed by atoms with van der Waals surface area (Å²) in [4.78, 5) is 15.9. The smallest absolute Gasteiger partial charge is 0.192 e. The Labute approximate surface area is 451 Å². The predicted molar refractivity (Wildman–Crippen MR) is 297 cm³/mol. The first kappa shape index (κ1) is 59.2. The minimum absolute atomic E-state index is 0.0191. The largest absolute Gasteiger partial charge is 0.411 e. The number of Topliss-reactive ketones (excluding diaryl/α,β-unsaturated/α-hetero) is 1. The molecule has 3 aliphatic heterocycles. The van der Waals surface area contributed by atoms with Gasteiger partial charge in [-0.15, -0.1) is 0 Å². The van der Waals surface area contributed by atoms with Crippen LogP contribution in [0.3, 0.4) is 0 Å². The Morgan fingerprint density at radius 3 is 1.55 bits per heavy atom. The highest BCUT2D eigenvalue weighted by Gasteiger charge is 2.57. The Kier molecular flexibility index (Phi) is 19.8. The van der Waals surface area contributed by atoms with Gasteiger partial charge in [-0.05, 0) is 86.2 Å². The number of rotatable bonds is 24. The maximum atomic E-state index is 15.9. The van der Waals surface area contributed by atoms with Gasteiger partial charge in [-0.3, -0.25) is 4.79 Å². The molecule has 0 aromatic heterocycles. The monoisotopic (exact) mass is 1070 g/mol. The SMILES string of the molecule is CC1(C)O[C@H]([C@@H](O[Si](C)(C)C(C)(C)C)[C@H](CC(=O)C[C@H]2[C@@H](OCc3ccccc3)[C@@H](COCc3ccccc3)O[C@@H](OCc3ccccc3)[C@@H]2OCc2ccccc2)O[Si](C)(C)C(C)(C)C)[C@@H]([C@H]2COC(C)(C)O2)O1. The van der Waals surface area contributed by atoms with Gasteiger partial charge in [0.1, 0.15) is 36.3 Å². The number of benzene rings is 4. The van der Waals surface area contributed by atoms with Crippen LogP contribution in [-0.4, -0.2) is 102 Å². The fourth-order valence-corrected chi connectivity index (χ4v) is 12.2. The first-order chi connectivity index (χ1) is 35.3. The molecule has 10 atom stereocenters. The second kappa shape index (κ2) is 25.1. The van der Waals surface area contributed by atoms with Crippen molar-refractivity contribution < 1.29 is 56.3 Å². The van der Waals surface area contributed by atoms with E-state index in [1.807, 2.05) is 149 Å². The molecule has 3 aliphatic rings. The number of carbonyl (C=O) groups excluding carboxylic acids is 1. The van der Waals surface area contributed by atoms with Gasteiger partial charge in [0.2, 0.25) is 0 Å². The highest BCUT2D eigenvalue weighted by atomic mass is 28.4. The van der Waals surface area contributed by atoms with Crippen molar-refractivity contribution in [2.45, 2.75) is 211 Å². The summed E-state index contributed by atoms with van der Waals surface area (Å²) in [5, 5.41) is -0.408. The summed E-state index contributed by atoms with van der Waals surface area (Å²) in [5.74, 6) is -2.42. The summed E-state index contributed by atoms with van der Waals surface area (Å²) in [5.41, 5.74) is 3.97. The molecule has 3 heterocycles. The van der Waals surface area contributed by atoms with E-state index in [0.717, 1.165) is 22.3 Å². The molecule has 0 bridgehead atoms. The molecule has 412 valence electrons.